The molecule has 2 aromatic heterocycles. The fourth-order valence-electron chi connectivity index (χ4n) is 3.53. The van der Waals surface area contributed by atoms with Gasteiger partial charge in [0, 0.05) is 41.1 Å². The molecule has 1 amide bonds. The molecule has 190 valence electrons. The van der Waals surface area contributed by atoms with Gasteiger partial charge in [-0.2, -0.15) is 13.2 Å². The summed E-state index contributed by atoms with van der Waals surface area (Å²) >= 11 is 0. The Hall–Kier alpha value is -4.31. The van der Waals surface area contributed by atoms with Gasteiger partial charge < -0.3 is 15.7 Å². The minimum absolute atomic E-state index is 0.0227. The molecule has 0 bridgehead atoms. The lowest BCUT2D eigenvalue weighted by molar-refractivity contribution is -0.137. The van der Waals surface area contributed by atoms with Gasteiger partial charge in [-0.1, -0.05) is 6.07 Å². The van der Waals surface area contributed by atoms with Gasteiger partial charge in [0.25, 0.3) is 5.91 Å². The smallest absolute Gasteiger partial charge is 0.386 e. The molecule has 2 aromatic carbocycles. The average Bonchev–Trinajstić information content (AvgIpc) is 2.85. The third kappa shape index (κ3) is 6.28. The first-order valence-corrected chi connectivity index (χ1v) is 11.3. The van der Waals surface area contributed by atoms with E-state index in [4.69, 9.17) is 0 Å². The zero-order valence-electron chi connectivity index (χ0n) is 20.3. The fourth-order valence-corrected chi connectivity index (χ4v) is 3.53. The van der Waals surface area contributed by atoms with Gasteiger partial charge in [-0.3, -0.25) is 9.78 Å². The Labute approximate surface area is 211 Å². The van der Waals surface area contributed by atoms with E-state index in [0.717, 1.165) is 23.3 Å². The molecule has 3 N–H and O–H groups in total. The maximum atomic E-state index is 13.4. The highest BCUT2D eigenvalue weighted by Gasteiger charge is 2.33. The molecular formula is C27H24F3N5O2. The summed E-state index contributed by atoms with van der Waals surface area (Å²) in [7, 11) is 0. The van der Waals surface area contributed by atoms with E-state index in [1.165, 1.54) is 19.9 Å². The lowest BCUT2D eigenvalue weighted by atomic mass is 9.95. The molecule has 10 heteroatoms. The van der Waals surface area contributed by atoms with Gasteiger partial charge in [0.2, 0.25) is 5.95 Å². The number of aryl methyl sites for hydroxylation is 1. The summed E-state index contributed by atoms with van der Waals surface area (Å²) in [5.41, 5.74) is 0.458. The second-order valence-corrected chi connectivity index (χ2v) is 8.97. The molecule has 0 atom stereocenters. The number of hydrogen-bond acceptors (Lipinski definition) is 6. The number of benzene rings is 2. The largest absolute Gasteiger partial charge is 0.416 e. The summed E-state index contributed by atoms with van der Waals surface area (Å²) in [5.74, 6) is -0.316. The highest BCUT2D eigenvalue weighted by molar-refractivity contribution is 6.05. The molecule has 0 fully saturated rings. The molecule has 2 heterocycles. The summed E-state index contributed by atoms with van der Waals surface area (Å²) in [6.07, 6.45) is 0.289. The molecule has 4 rings (SSSR count). The van der Waals surface area contributed by atoms with Crippen molar-refractivity contribution in [1.82, 2.24) is 15.0 Å². The predicted molar refractivity (Wildman–Crippen MR) is 134 cm³/mol. The number of carbonyl (C=O) groups is 1. The van der Waals surface area contributed by atoms with Gasteiger partial charge in [-0.25, -0.2) is 9.97 Å². The number of amides is 1. The van der Waals surface area contributed by atoms with Gasteiger partial charge in [-0.15, -0.1) is 0 Å². The van der Waals surface area contributed by atoms with Crippen LogP contribution < -0.4 is 10.6 Å². The van der Waals surface area contributed by atoms with Crippen molar-refractivity contribution >= 4 is 23.2 Å². The van der Waals surface area contributed by atoms with Crippen LogP contribution in [-0.4, -0.2) is 26.0 Å². The van der Waals surface area contributed by atoms with E-state index in [1.807, 2.05) is 13.0 Å². The Morgan fingerprint density at radius 2 is 1.73 bits per heavy atom. The summed E-state index contributed by atoms with van der Waals surface area (Å²) in [6.45, 7) is 4.58. The van der Waals surface area contributed by atoms with Crippen molar-refractivity contribution < 1.29 is 23.1 Å². The number of pyridine rings is 1. The number of anilines is 3. The molecule has 0 spiro atoms. The number of halogens is 3. The van der Waals surface area contributed by atoms with Gasteiger partial charge in [-0.05, 0) is 80.4 Å². The Kier molecular flexibility index (Phi) is 6.95. The topological polar surface area (TPSA) is 100 Å². The van der Waals surface area contributed by atoms with Gasteiger partial charge in [0.05, 0.1) is 16.9 Å². The summed E-state index contributed by atoms with van der Waals surface area (Å²) in [6, 6.07) is 13.3. The summed E-state index contributed by atoms with van der Waals surface area (Å²) < 4.78 is 40.3. The Morgan fingerprint density at radius 3 is 2.41 bits per heavy atom. The molecule has 0 aliphatic rings. The fraction of sp³-hybridized carbons (Fsp3) is 0.185. The standard InChI is InChI=1S/C27H24F3N5O2/c1-16-6-7-17(11-23(16)35-25-32-10-8-22(34-25)18-5-4-9-31-15-18)24(36)33-21-13-19(26(2,3)37)12-20(14-21)27(28,29)30/h4-15,37H,1-3H3,(H,33,36)(H,32,34,35). The lowest BCUT2D eigenvalue weighted by Gasteiger charge is -2.21. The molecule has 0 radical (unpaired) electrons. The zero-order chi connectivity index (χ0) is 26.8. The lowest BCUT2D eigenvalue weighted by Crippen LogP contribution is -2.19. The van der Waals surface area contributed by atoms with Crippen LogP contribution in [0.1, 0.15) is 40.9 Å². The third-order valence-corrected chi connectivity index (χ3v) is 5.58. The number of nitrogens with one attached hydrogen (secondary N) is 2. The number of aromatic nitrogens is 3. The molecule has 37 heavy (non-hydrogen) atoms. The number of alkyl halides is 3. The van der Waals surface area contributed by atoms with E-state index in [-0.39, 0.29) is 16.8 Å². The normalized spacial score (nSPS) is 11.8. The van der Waals surface area contributed by atoms with Crippen molar-refractivity contribution in [2.75, 3.05) is 10.6 Å². The van der Waals surface area contributed by atoms with Crippen LogP contribution in [0.25, 0.3) is 11.3 Å². The van der Waals surface area contributed by atoms with Crippen LogP contribution in [0.5, 0.6) is 0 Å². The number of hydrogen-bond donors (Lipinski definition) is 3. The number of carbonyl (C=O) groups excluding carboxylic acids is 1. The highest BCUT2D eigenvalue weighted by Crippen LogP contribution is 2.35. The monoisotopic (exact) mass is 507 g/mol. The van der Waals surface area contributed by atoms with E-state index >= 15 is 0 Å². The van der Waals surface area contributed by atoms with E-state index < -0.39 is 23.2 Å². The van der Waals surface area contributed by atoms with Crippen molar-refractivity contribution in [2.24, 2.45) is 0 Å². The second kappa shape index (κ2) is 9.98. The quantitative estimate of drug-likeness (QED) is 0.292. The Bertz CT molecular complexity index is 1400. The van der Waals surface area contributed by atoms with Crippen molar-refractivity contribution in [2.45, 2.75) is 32.5 Å². The molecule has 0 saturated heterocycles. The Balaban J connectivity index is 1.60. The van der Waals surface area contributed by atoms with Crippen LogP contribution in [0, 0.1) is 6.92 Å². The first-order chi connectivity index (χ1) is 17.4. The van der Waals surface area contributed by atoms with Crippen LogP contribution in [0.4, 0.5) is 30.5 Å². The number of rotatable bonds is 6. The van der Waals surface area contributed by atoms with Crippen molar-refractivity contribution in [3.8, 4) is 11.3 Å². The summed E-state index contributed by atoms with van der Waals surface area (Å²) in [4.78, 5) is 25.8. The van der Waals surface area contributed by atoms with E-state index in [9.17, 15) is 23.1 Å². The van der Waals surface area contributed by atoms with E-state index in [1.54, 1.807) is 48.9 Å². The van der Waals surface area contributed by atoms with Gasteiger partial charge in [0.15, 0.2) is 0 Å². The van der Waals surface area contributed by atoms with Crippen molar-refractivity contribution in [3.05, 3.63) is 95.4 Å². The Morgan fingerprint density at radius 1 is 0.973 bits per heavy atom. The van der Waals surface area contributed by atoms with E-state index in [2.05, 4.69) is 25.6 Å². The summed E-state index contributed by atoms with van der Waals surface area (Å²) in [5, 5.41) is 15.9. The van der Waals surface area contributed by atoms with Gasteiger partial charge in [0.1, 0.15) is 0 Å². The maximum Gasteiger partial charge on any atom is 0.416 e. The molecule has 7 nitrogen and oxygen atoms in total. The van der Waals surface area contributed by atoms with Crippen LogP contribution in [0.15, 0.2) is 73.2 Å². The SMILES string of the molecule is Cc1ccc(C(=O)Nc2cc(C(C)(C)O)cc(C(F)(F)F)c2)cc1Nc1nccc(-c2cccnc2)n1. The second-order valence-electron chi connectivity index (χ2n) is 8.97. The molecule has 0 saturated carbocycles. The maximum absolute atomic E-state index is 13.4. The first-order valence-electron chi connectivity index (χ1n) is 11.3. The molecule has 0 unspecified atom stereocenters. The van der Waals surface area contributed by atoms with Crippen molar-refractivity contribution in [1.29, 1.82) is 0 Å². The van der Waals surface area contributed by atoms with Crippen LogP contribution in [0.3, 0.4) is 0 Å². The molecule has 0 aliphatic carbocycles. The van der Waals surface area contributed by atoms with Gasteiger partial charge >= 0.3 is 6.18 Å². The number of nitrogens with zero attached hydrogens (tertiary/aromatic N) is 3. The van der Waals surface area contributed by atoms with E-state index in [0.29, 0.717) is 17.3 Å². The minimum Gasteiger partial charge on any atom is -0.386 e. The minimum atomic E-state index is -4.65. The van der Waals surface area contributed by atoms with Crippen molar-refractivity contribution in [3.63, 3.8) is 0 Å². The van der Waals surface area contributed by atoms with Crippen LogP contribution in [0.2, 0.25) is 0 Å². The van der Waals surface area contributed by atoms with Crippen LogP contribution >= 0.6 is 0 Å². The highest BCUT2D eigenvalue weighted by atomic mass is 19.4. The average molecular weight is 508 g/mol. The predicted octanol–water partition coefficient (Wildman–Crippen LogP) is 6.09. The molecular weight excluding hydrogens is 483 g/mol. The zero-order valence-corrected chi connectivity index (χ0v) is 20.3. The number of aliphatic hydroxyl groups is 1. The molecule has 0 aliphatic heterocycles. The van der Waals surface area contributed by atoms with Crippen LogP contribution in [-0.2, 0) is 11.8 Å². The first kappa shape index (κ1) is 25.8. The molecule has 4 aromatic rings. The third-order valence-electron chi connectivity index (χ3n) is 5.58.